The van der Waals surface area contributed by atoms with Gasteiger partial charge in [0.15, 0.2) is 0 Å². The fraction of sp³-hybridized carbons (Fsp3) is 0.529. The van der Waals surface area contributed by atoms with Crippen LogP contribution in [0.1, 0.15) is 23.2 Å². The van der Waals surface area contributed by atoms with Crippen LogP contribution in [0.25, 0.3) is 0 Å². The van der Waals surface area contributed by atoms with Gasteiger partial charge in [0, 0.05) is 32.6 Å². The number of hydrogen-bond acceptors (Lipinski definition) is 5. The largest absolute Gasteiger partial charge is 0.383 e. The lowest BCUT2D eigenvalue weighted by molar-refractivity contribution is -0.119. The van der Waals surface area contributed by atoms with Crippen LogP contribution in [0.15, 0.2) is 18.2 Å². The number of anilines is 1. The molecule has 0 radical (unpaired) electrons. The second-order valence-corrected chi connectivity index (χ2v) is 6.32. The Labute approximate surface area is 152 Å². The number of ether oxygens (including phenoxy) is 2. The molecule has 1 unspecified atom stereocenters. The van der Waals surface area contributed by atoms with Gasteiger partial charge in [-0.25, -0.2) is 0 Å². The van der Waals surface area contributed by atoms with Crippen molar-refractivity contribution in [3.05, 3.63) is 28.8 Å². The second kappa shape index (κ2) is 9.72. The second-order valence-electron chi connectivity index (χ2n) is 5.91. The molecule has 4 N–H and O–H groups in total. The number of benzene rings is 1. The molecule has 7 nitrogen and oxygen atoms in total. The summed E-state index contributed by atoms with van der Waals surface area (Å²) in [5, 5.41) is 5.71. The zero-order chi connectivity index (χ0) is 18.2. The summed E-state index contributed by atoms with van der Waals surface area (Å²) in [5.74, 6) is -0.450. The number of hydrogen-bond donors (Lipinski definition) is 3. The van der Waals surface area contributed by atoms with Crippen LogP contribution < -0.4 is 16.4 Å². The molecule has 1 aliphatic heterocycles. The fourth-order valence-electron chi connectivity index (χ4n) is 2.65. The highest BCUT2D eigenvalue weighted by atomic mass is 35.5. The van der Waals surface area contributed by atoms with E-state index in [1.807, 2.05) is 0 Å². The van der Waals surface area contributed by atoms with Crippen molar-refractivity contribution in [1.82, 2.24) is 5.32 Å². The Bertz CT molecular complexity index is 606. The summed E-state index contributed by atoms with van der Waals surface area (Å²) in [4.78, 5) is 24.3. The van der Waals surface area contributed by atoms with E-state index in [2.05, 4.69) is 10.6 Å². The monoisotopic (exact) mass is 369 g/mol. The van der Waals surface area contributed by atoms with Crippen molar-refractivity contribution in [3.8, 4) is 0 Å². The highest BCUT2D eigenvalue weighted by Gasteiger charge is 2.26. The van der Waals surface area contributed by atoms with E-state index in [1.54, 1.807) is 25.3 Å². The molecule has 1 saturated heterocycles. The van der Waals surface area contributed by atoms with Gasteiger partial charge >= 0.3 is 0 Å². The first-order valence-corrected chi connectivity index (χ1v) is 8.61. The molecule has 138 valence electrons. The lowest BCUT2D eigenvalue weighted by Crippen LogP contribution is -2.44. The summed E-state index contributed by atoms with van der Waals surface area (Å²) in [7, 11) is 1.56. The fourth-order valence-corrected chi connectivity index (χ4v) is 2.92. The van der Waals surface area contributed by atoms with Gasteiger partial charge in [0.2, 0.25) is 5.91 Å². The van der Waals surface area contributed by atoms with E-state index in [-0.39, 0.29) is 22.8 Å². The van der Waals surface area contributed by atoms with Crippen molar-refractivity contribution < 1.29 is 19.1 Å². The number of halogens is 1. The minimum atomic E-state index is -0.598. The standard InChI is InChI=1S/C17H24ClN3O4/c1-24-9-6-20-16(22)13-3-2-12(10-14(13)18)21-17(23)15(19)11-4-7-25-8-5-11/h2-3,10-11,15H,4-9,19H2,1H3,(H,20,22)(H,21,23). The lowest BCUT2D eigenvalue weighted by atomic mass is 9.92. The van der Waals surface area contributed by atoms with Gasteiger partial charge in [-0.15, -0.1) is 0 Å². The normalized spacial score (nSPS) is 16.3. The number of carbonyl (C=O) groups excluding carboxylic acids is 2. The minimum absolute atomic E-state index is 0.107. The van der Waals surface area contributed by atoms with Crippen LogP contribution in [0.3, 0.4) is 0 Å². The summed E-state index contributed by atoms with van der Waals surface area (Å²) in [5.41, 5.74) is 6.89. The number of methoxy groups -OCH3 is 1. The molecule has 25 heavy (non-hydrogen) atoms. The van der Waals surface area contributed by atoms with E-state index < -0.39 is 6.04 Å². The van der Waals surface area contributed by atoms with Crippen LogP contribution in [-0.2, 0) is 14.3 Å². The average molecular weight is 370 g/mol. The van der Waals surface area contributed by atoms with Gasteiger partial charge in [-0.3, -0.25) is 9.59 Å². The third-order valence-corrected chi connectivity index (χ3v) is 4.46. The molecular weight excluding hydrogens is 346 g/mol. The molecule has 2 rings (SSSR count). The smallest absolute Gasteiger partial charge is 0.252 e. The summed E-state index contributed by atoms with van der Waals surface area (Å²) in [6, 6.07) is 4.15. The number of nitrogens with two attached hydrogens (primary N) is 1. The molecule has 0 aromatic heterocycles. The first-order valence-electron chi connectivity index (χ1n) is 8.23. The van der Waals surface area contributed by atoms with Crippen molar-refractivity contribution in [2.75, 3.05) is 38.8 Å². The van der Waals surface area contributed by atoms with Gasteiger partial charge in [-0.2, -0.15) is 0 Å². The third kappa shape index (κ3) is 5.67. The van der Waals surface area contributed by atoms with Crippen molar-refractivity contribution in [2.45, 2.75) is 18.9 Å². The Morgan fingerprint density at radius 2 is 2.12 bits per heavy atom. The summed E-state index contributed by atoms with van der Waals surface area (Å²) >= 11 is 6.16. The molecular formula is C17H24ClN3O4. The van der Waals surface area contributed by atoms with Crippen molar-refractivity contribution >= 4 is 29.1 Å². The average Bonchev–Trinajstić information content (AvgIpc) is 2.62. The molecule has 0 bridgehead atoms. The summed E-state index contributed by atoms with van der Waals surface area (Å²) in [6.07, 6.45) is 1.55. The van der Waals surface area contributed by atoms with E-state index in [9.17, 15) is 9.59 Å². The number of carbonyl (C=O) groups is 2. The SMILES string of the molecule is COCCNC(=O)c1ccc(NC(=O)C(N)C2CCOCC2)cc1Cl. The number of rotatable bonds is 7. The van der Waals surface area contributed by atoms with Gasteiger partial charge in [-0.1, -0.05) is 11.6 Å². The maximum absolute atomic E-state index is 12.3. The maximum Gasteiger partial charge on any atom is 0.252 e. The first kappa shape index (κ1) is 19.7. The zero-order valence-corrected chi connectivity index (χ0v) is 15.0. The number of nitrogens with one attached hydrogen (secondary N) is 2. The van der Waals surface area contributed by atoms with Crippen LogP contribution in [0.5, 0.6) is 0 Å². The van der Waals surface area contributed by atoms with Gasteiger partial charge in [0.05, 0.1) is 23.2 Å². The van der Waals surface area contributed by atoms with E-state index in [4.69, 9.17) is 26.8 Å². The van der Waals surface area contributed by atoms with E-state index >= 15 is 0 Å². The molecule has 0 saturated carbocycles. The van der Waals surface area contributed by atoms with Crippen molar-refractivity contribution in [2.24, 2.45) is 11.7 Å². The molecule has 1 aliphatic rings. The number of amides is 2. The molecule has 1 aromatic carbocycles. The van der Waals surface area contributed by atoms with Gasteiger partial charge in [0.1, 0.15) is 0 Å². The van der Waals surface area contributed by atoms with Gasteiger partial charge in [-0.05, 0) is 37.0 Å². The minimum Gasteiger partial charge on any atom is -0.383 e. The van der Waals surface area contributed by atoms with Crippen LogP contribution in [0.4, 0.5) is 5.69 Å². The van der Waals surface area contributed by atoms with Crippen molar-refractivity contribution in [3.63, 3.8) is 0 Å². The van der Waals surface area contributed by atoms with E-state index in [0.717, 1.165) is 12.8 Å². The van der Waals surface area contributed by atoms with Gasteiger partial charge in [0.25, 0.3) is 5.91 Å². The highest BCUT2D eigenvalue weighted by molar-refractivity contribution is 6.34. The third-order valence-electron chi connectivity index (χ3n) is 4.15. The Morgan fingerprint density at radius 3 is 2.76 bits per heavy atom. The molecule has 1 fully saturated rings. The highest BCUT2D eigenvalue weighted by Crippen LogP contribution is 2.23. The van der Waals surface area contributed by atoms with E-state index in [0.29, 0.717) is 37.6 Å². The van der Waals surface area contributed by atoms with Crippen LogP contribution in [0.2, 0.25) is 5.02 Å². The molecule has 2 amide bonds. The summed E-state index contributed by atoms with van der Waals surface area (Å²) in [6.45, 7) is 2.07. The predicted molar refractivity (Wildman–Crippen MR) is 95.8 cm³/mol. The van der Waals surface area contributed by atoms with Crippen molar-refractivity contribution in [1.29, 1.82) is 0 Å². The Morgan fingerprint density at radius 1 is 1.40 bits per heavy atom. The first-order chi connectivity index (χ1) is 12.0. The quantitative estimate of drug-likeness (QED) is 0.630. The summed E-state index contributed by atoms with van der Waals surface area (Å²) < 4.78 is 10.2. The Kier molecular flexibility index (Phi) is 7.64. The Balaban J connectivity index is 1.95. The molecule has 0 spiro atoms. The van der Waals surface area contributed by atoms with Crippen LogP contribution in [-0.4, -0.2) is 51.3 Å². The molecule has 0 aliphatic carbocycles. The molecule has 1 heterocycles. The molecule has 8 heteroatoms. The van der Waals surface area contributed by atoms with E-state index in [1.165, 1.54) is 0 Å². The molecule has 1 atom stereocenters. The predicted octanol–water partition coefficient (Wildman–Crippen LogP) is 1.41. The lowest BCUT2D eigenvalue weighted by Gasteiger charge is -2.26. The Hall–Kier alpha value is -1.67. The topological polar surface area (TPSA) is 103 Å². The zero-order valence-electron chi connectivity index (χ0n) is 14.2. The maximum atomic E-state index is 12.3. The molecule has 1 aromatic rings. The van der Waals surface area contributed by atoms with Crippen LogP contribution in [0, 0.1) is 5.92 Å². The van der Waals surface area contributed by atoms with Gasteiger partial charge < -0.3 is 25.8 Å². The van der Waals surface area contributed by atoms with Crippen LogP contribution >= 0.6 is 11.6 Å².